The third-order valence-electron chi connectivity index (χ3n) is 5.38. The van der Waals surface area contributed by atoms with Crippen LogP contribution in [0.2, 0.25) is 0 Å². The number of nitriles is 1. The van der Waals surface area contributed by atoms with Crippen LogP contribution in [0.1, 0.15) is 22.5 Å². The van der Waals surface area contributed by atoms with E-state index in [0.29, 0.717) is 24.5 Å². The van der Waals surface area contributed by atoms with Crippen LogP contribution >= 0.6 is 11.3 Å². The van der Waals surface area contributed by atoms with E-state index in [2.05, 4.69) is 16.0 Å². The number of hydrogen-bond donors (Lipinski definition) is 1. The molecule has 31 heavy (non-hydrogen) atoms. The predicted octanol–water partition coefficient (Wildman–Crippen LogP) is 3.99. The molecule has 1 N–H and O–H groups in total. The summed E-state index contributed by atoms with van der Waals surface area (Å²) in [6.45, 7) is 2.03. The number of benzene rings is 1. The van der Waals surface area contributed by atoms with Crippen molar-refractivity contribution < 1.29 is 0 Å². The van der Waals surface area contributed by atoms with Gasteiger partial charge in [-0.3, -0.25) is 14.7 Å². The topological polar surface area (TPSA) is 85.7 Å². The van der Waals surface area contributed by atoms with Crippen molar-refractivity contribution in [3.05, 3.63) is 92.8 Å². The lowest BCUT2D eigenvalue weighted by molar-refractivity contribution is 0.239. The van der Waals surface area contributed by atoms with Crippen molar-refractivity contribution in [1.82, 2.24) is 19.9 Å². The Morgan fingerprint density at radius 3 is 2.87 bits per heavy atom. The summed E-state index contributed by atoms with van der Waals surface area (Å²) < 4.78 is 0. The van der Waals surface area contributed by atoms with Crippen LogP contribution in [0.25, 0.3) is 22.0 Å². The number of nitrogens with one attached hydrogen (secondary N) is 1. The SMILES string of the molecule is N#Cc1cccc(-c2cccc(CN3CCc4nc(-c5cccs5)[nH]c(=O)c4C3)n2)c1. The molecule has 3 aromatic heterocycles. The summed E-state index contributed by atoms with van der Waals surface area (Å²) in [5.41, 5.74) is 4.88. The van der Waals surface area contributed by atoms with E-state index >= 15 is 0 Å². The molecule has 152 valence electrons. The van der Waals surface area contributed by atoms with Gasteiger partial charge >= 0.3 is 0 Å². The van der Waals surface area contributed by atoms with E-state index in [1.807, 2.05) is 53.9 Å². The lowest BCUT2D eigenvalue weighted by atomic mass is 10.1. The van der Waals surface area contributed by atoms with Crippen molar-refractivity contribution in [2.45, 2.75) is 19.5 Å². The van der Waals surface area contributed by atoms with Crippen LogP contribution in [0, 0.1) is 11.3 Å². The average molecular weight is 426 g/mol. The quantitative estimate of drug-likeness (QED) is 0.534. The highest BCUT2D eigenvalue weighted by atomic mass is 32.1. The molecule has 0 unspecified atom stereocenters. The first-order chi connectivity index (χ1) is 15.2. The maximum atomic E-state index is 12.7. The van der Waals surface area contributed by atoms with Crippen LogP contribution in [-0.2, 0) is 19.5 Å². The number of fused-ring (bicyclic) bond motifs is 1. The number of aromatic amines is 1. The Morgan fingerprint density at radius 1 is 1.13 bits per heavy atom. The maximum Gasteiger partial charge on any atom is 0.255 e. The summed E-state index contributed by atoms with van der Waals surface area (Å²) in [5, 5.41) is 11.1. The van der Waals surface area contributed by atoms with E-state index in [4.69, 9.17) is 15.2 Å². The molecule has 0 radical (unpaired) electrons. The van der Waals surface area contributed by atoms with Crippen LogP contribution in [0.15, 0.2) is 64.8 Å². The van der Waals surface area contributed by atoms with E-state index in [0.717, 1.165) is 46.1 Å². The van der Waals surface area contributed by atoms with Gasteiger partial charge in [0.25, 0.3) is 5.56 Å². The van der Waals surface area contributed by atoms with E-state index in [-0.39, 0.29) is 5.56 Å². The molecule has 0 atom stereocenters. The number of rotatable bonds is 4. The molecular formula is C24H19N5OS. The Kier molecular flexibility index (Phi) is 5.16. The third-order valence-corrected chi connectivity index (χ3v) is 6.26. The second-order valence-electron chi connectivity index (χ2n) is 7.48. The lowest BCUT2D eigenvalue weighted by Gasteiger charge is -2.27. The molecule has 1 aliphatic heterocycles. The van der Waals surface area contributed by atoms with E-state index in [1.165, 1.54) is 0 Å². The minimum Gasteiger partial charge on any atom is -0.306 e. The molecule has 4 heterocycles. The fourth-order valence-electron chi connectivity index (χ4n) is 3.85. The summed E-state index contributed by atoms with van der Waals surface area (Å²) in [6, 6.07) is 19.5. The summed E-state index contributed by atoms with van der Waals surface area (Å²) in [5.74, 6) is 0.654. The van der Waals surface area contributed by atoms with Gasteiger partial charge in [0.05, 0.1) is 39.2 Å². The van der Waals surface area contributed by atoms with Gasteiger partial charge in [0, 0.05) is 31.6 Å². The molecule has 0 bridgehead atoms. The van der Waals surface area contributed by atoms with Crippen molar-refractivity contribution in [3.8, 4) is 28.0 Å². The van der Waals surface area contributed by atoms with Gasteiger partial charge in [0.1, 0.15) is 0 Å². The molecule has 5 rings (SSSR count). The molecular weight excluding hydrogens is 406 g/mol. The van der Waals surface area contributed by atoms with Crippen molar-refractivity contribution in [2.24, 2.45) is 0 Å². The molecule has 0 aliphatic carbocycles. The van der Waals surface area contributed by atoms with Crippen molar-refractivity contribution in [3.63, 3.8) is 0 Å². The fourth-order valence-corrected chi connectivity index (χ4v) is 4.52. The van der Waals surface area contributed by atoms with Gasteiger partial charge in [-0.05, 0) is 35.7 Å². The highest BCUT2D eigenvalue weighted by molar-refractivity contribution is 7.13. The third kappa shape index (κ3) is 4.04. The number of H-pyrrole nitrogens is 1. The first-order valence-corrected chi connectivity index (χ1v) is 10.9. The fraction of sp³-hybridized carbons (Fsp3) is 0.167. The van der Waals surface area contributed by atoms with Gasteiger partial charge in [-0.1, -0.05) is 24.3 Å². The molecule has 1 aromatic carbocycles. The Morgan fingerprint density at radius 2 is 2.03 bits per heavy atom. The smallest absolute Gasteiger partial charge is 0.255 e. The summed E-state index contributed by atoms with van der Waals surface area (Å²) in [7, 11) is 0. The van der Waals surface area contributed by atoms with Crippen LogP contribution in [0.3, 0.4) is 0 Å². The van der Waals surface area contributed by atoms with E-state index in [9.17, 15) is 4.79 Å². The number of aromatic nitrogens is 3. The van der Waals surface area contributed by atoms with Crippen LogP contribution in [0.4, 0.5) is 0 Å². The van der Waals surface area contributed by atoms with Gasteiger partial charge in [0.2, 0.25) is 0 Å². The minimum atomic E-state index is -0.0619. The van der Waals surface area contributed by atoms with Crippen LogP contribution in [-0.4, -0.2) is 26.4 Å². The number of pyridine rings is 1. The molecule has 0 fully saturated rings. The van der Waals surface area contributed by atoms with Gasteiger partial charge in [-0.25, -0.2) is 4.98 Å². The van der Waals surface area contributed by atoms with Gasteiger partial charge in [0.15, 0.2) is 5.82 Å². The Hall–Kier alpha value is -3.60. The Bertz CT molecular complexity index is 1340. The van der Waals surface area contributed by atoms with E-state index in [1.54, 1.807) is 17.4 Å². The van der Waals surface area contributed by atoms with Crippen molar-refractivity contribution in [1.29, 1.82) is 5.26 Å². The summed E-state index contributed by atoms with van der Waals surface area (Å²) in [6.07, 6.45) is 0.738. The second kappa shape index (κ2) is 8.26. The first-order valence-electron chi connectivity index (χ1n) is 10.0. The van der Waals surface area contributed by atoms with Crippen molar-refractivity contribution in [2.75, 3.05) is 6.54 Å². The van der Waals surface area contributed by atoms with Crippen molar-refractivity contribution >= 4 is 11.3 Å². The van der Waals surface area contributed by atoms with E-state index < -0.39 is 0 Å². The number of thiophene rings is 1. The van der Waals surface area contributed by atoms with Crippen LogP contribution in [0.5, 0.6) is 0 Å². The highest BCUT2D eigenvalue weighted by Gasteiger charge is 2.22. The van der Waals surface area contributed by atoms with Gasteiger partial charge < -0.3 is 4.98 Å². The Balaban J connectivity index is 1.36. The average Bonchev–Trinajstić information content (AvgIpc) is 3.35. The monoisotopic (exact) mass is 425 g/mol. The lowest BCUT2D eigenvalue weighted by Crippen LogP contribution is -2.35. The highest BCUT2D eigenvalue weighted by Crippen LogP contribution is 2.24. The van der Waals surface area contributed by atoms with Crippen LogP contribution < -0.4 is 5.56 Å². The largest absolute Gasteiger partial charge is 0.306 e. The molecule has 0 amide bonds. The number of nitrogens with zero attached hydrogens (tertiary/aromatic N) is 4. The zero-order valence-corrected chi connectivity index (χ0v) is 17.5. The van der Waals surface area contributed by atoms with Gasteiger partial charge in [-0.15, -0.1) is 11.3 Å². The molecule has 0 saturated heterocycles. The molecule has 1 aliphatic rings. The van der Waals surface area contributed by atoms with Gasteiger partial charge in [-0.2, -0.15) is 5.26 Å². The molecule has 6 nitrogen and oxygen atoms in total. The molecule has 7 heteroatoms. The first kappa shape index (κ1) is 19.4. The zero-order chi connectivity index (χ0) is 21.2. The molecule has 0 spiro atoms. The standard InChI is InChI=1S/C24H19N5OS/c25-13-16-4-1-5-17(12-16)20-7-2-6-18(26-20)14-29-10-9-21-19(15-29)24(30)28-23(27-21)22-8-3-11-31-22/h1-8,11-12H,9-10,14-15H2,(H,27,28,30). The zero-order valence-electron chi connectivity index (χ0n) is 16.7. The Labute approximate surface area is 183 Å². The maximum absolute atomic E-state index is 12.7. The number of hydrogen-bond acceptors (Lipinski definition) is 6. The predicted molar refractivity (Wildman–Crippen MR) is 120 cm³/mol. The minimum absolute atomic E-state index is 0.0619. The summed E-state index contributed by atoms with van der Waals surface area (Å²) >= 11 is 1.57. The molecule has 4 aromatic rings. The molecule has 0 saturated carbocycles. The second-order valence-corrected chi connectivity index (χ2v) is 8.43. The summed E-state index contributed by atoms with van der Waals surface area (Å²) in [4.78, 5) is 28.4. The normalized spacial score (nSPS) is 13.5.